The molecule has 0 aromatic rings. The Kier molecular flexibility index (Phi) is 3.22. The fourth-order valence-corrected chi connectivity index (χ4v) is 1.91. The molecule has 0 aromatic carbocycles. The van der Waals surface area contributed by atoms with Gasteiger partial charge in [-0.2, -0.15) is 0 Å². The molecule has 0 aromatic heterocycles. The molecule has 0 bridgehead atoms. The summed E-state index contributed by atoms with van der Waals surface area (Å²) in [5.41, 5.74) is 0. The number of nitroso groups, excluding NO2 is 1. The van der Waals surface area contributed by atoms with Crippen molar-refractivity contribution in [3.8, 4) is 0 Å². The van der Waals surface area contributed by atoms with E-state index in [2.05, 4.69) is 5.29 Å². The van der Waals surface area contributed by atoms with Gasteiger partial charge in [-0.25, -0.2) is 0 Å². The summed E-state index contributed by atoms with van der Waals surface area (Å²) in [6.07, 6.45) is 1.01. The van der Waals surface area contributed by atoms with Gasteiger partial charge < -0.3 is 5.11 Å². The Hall–Kier alpha value is -1.13. The molecule has 0 saturated carbocycles. The van der Waals surface area contributed by atoms with Crippen molar-refractivity contribution >= 4 is 5.97 Å². The SMILES string of the molecule is CC1CC(CC(=O)O)CN(N=O)C1. The molecule has 74 valence electrons. The molecule has 1 N–H and O–H groups in total. The van der Waals surface area contributed by atoms with Gasteiger partial charge in [-0.1, -0.05) is 6.92 Å². The van der Waals surface area contributed by atoms with Crippen LogP contribution >= 0.6 is 0 Å². The highest BCUT2D eigenvalue weighted by Gasteiger charge is 2.26. The van der Waals surface area contributed by atoms with Crippen molar-refractivity contribution in [3.63, 3.8) is 0 Å². The average molecular weight is 186 g/mol. The average Bonchev–Trinajstić information content (AvgIpc) is 2.01. The van der Waals surface area contributed by atoms with E-state index in [0.29, 0.717) is 19.0 Å². The zero-order valence-electron chi connectivity index (χ0n) is 7.64. The maximum Gasteiger partial charge on any atom is 0.303 e. The van der Waals surface area contributed by atoms with Crippen LogP contribution in [0.4, 0.5) is 0 Å². The molecule has 0 aliphatic carbocycles. The van der Waals surface area contributed by atoms with Gasteiger partial charge in [0.2, 0.25) is 0 Å². The van der Waals surface area contributed by atoms with Crippen molar-refractivity contribution in [1.82, 2.24) is 5.01 Å². The molecular weight excluding hydrogens is 172 g/mol. The molecule has 1 fully saturated rings. The Morgan fingerprint density at radius 1 is 1.62 bits per heavy atom. The van der Waals surface area contributed by atoms with Gasteiger partial charge in [0, 0.05) is 19.5 Å². The Labute approximate surface area is 76.7 Å². The Morgan fingerprint density at radius 2 is 2.31 bits per heavy atom. The van der Waals surface area contributed by atoms with E-state index in [4.69, 9.17) is 5.11 Å². The number of carboxylic acid groups (broad SMARTS) is 1. The molecule has 5 nitrogen and oxygen atoms in total. The summed E-state index contributed by atoms with van der Waals surface area (Å²) in [6.45, 7) is 3.14. The lowest BCUT2D eigenvalue weighted by molar-refractivity contribution is -0.138. The lowest BCUT2D eigenvalue weighted by Crippen LogP contribution is -2.36. The van der Waals surface area contributed by atoms with E-state index in [9.17, 15) is 9.70 Å². The number of hydrogen-bond donors (Lipinski definition) is 1. The second kappa shape index (κ2) is 4.20. The molecule has 1 aliphatic heterocycles. The highest BCUT2D eigenvalue weighted by atomic mass is 16.4. The Bertz CT molecular complexity index is 208. The van der Waals surface area contributed by atoms with Crippen LogP contribution in [0.2, 0.25) is 0 Å². The van der Waals surface area contributed by atoms with Crippen LogP contribution in [-0.2, 0) is 4.79 Å². The van der Waals surface area contributed by atoms with Crippen molar-refractivity contribution in [2.75, 3.05) is 13.1 Å². The quantitative estimate of drug-likeness (QED) is 0.670. The Morgan fingerprint density at radius 3 is 2.85 bits per heavy atom. The zero-order chi connectivity index (χ0) is 9.84. The summed E-state index contributed by atoms with van der Waals surface area (Å²) in [5, 5.41) is 12.8. The van der Waals surface area contributed by atoms with E-state index < -0.39 is 5.97 Å². The molecular formula is C8H14N2O3. The third kappa shape index (κ3) is 3.01. The summed E-state index contributed by atoms with van der Waals surface area (Å²) >= 11 is 0. The molecule has 1 rings (SSSR count). The third-order valence-corrected chi connectivity index (χ3v) is 2.31. The van der Waals surface area contributed by atoms with Crippen molar-refractivity contribution in [3.05, 3.63) is 4.91 Å². The number of aliphatic carboxylic acids is 1. The summed E-state index contributed by atoms with van der Waals surface area (Å²) in [5.74, 6) is -0.375. The molecule has 0 spiro atoms. The Balaban J connectivity index is 2.46. The fourth-order valence-electron chi connectivity index (χ4n) is 1.91. The van der Waals surface area contributed by atoms with Gasteiger partial charge in [0.1, 0.15) is 0 Å². The van der Waals surface area contributed by atoms with E-state index >= 15 is 0 Å². The number of carboxylic acids is 1. The van der Waals surface area contributed by atoms with Crippen LogP contribution in [0.3, 0.4) is 0 Å². The van der Waals surface area contributed by atoms with Crippen LogP contribution in [0.1, 0.15) is 19.8 Å². The first-order valence-corrected chi connectivity index (χ1v) is 4.41. The van der Waals surface area contributed by atoms with Crippen molar-refractivity contribution in [1.29, 1.82) is 0 Å². The van der Waals surface area contributed by atoms with Gasteiger partial charge in [0.05, 0.1) is 5.29 Å². The van der Waals surface area contributed by atoms with Crippen LogP contribution in [0, 0.1) is 16.7 Å². The van der Waals surface area contributed by atoms with Crippen LogP contribution in [0.5, 0.6) is 0 Å². The highest BCUT2D eigenvalue weighted by molar-refractivity contribution is 5.67. The van der Waals surface area contributed by atoms with Gasteiger partial charge in [0.15, 0.2) is 0 Å². The molecule has 2 atom stereocenters. The summed E-state index contributed by atoms with van der Waals surface area (Å²) in [7, 11) is 0. The van der Waals surface area contributed by atoms with E-state index in [1.54, 1.807) is 0 Å². The minimum Gasteiger partial charge on any atom is -0.481 e. The first-order chi connectivity index (χ1) is 6.11. The molecule has 1 saturated heterocycles. The smallest absolute Gasteiger partial charge is 0.303 e. The largest absolute Gasteiger partial charge is 0.481 e. The number of hydrogen-bond acceptors (Lipinski definition) is 3. The van der Waals surface area contributed by atoms with Crippen LogP contribution in [0.25, 0.3) is 0 Å². The van der Waals surface area contributed by atoms with Gasteiger partial charge in [-0.05, 0) is 18.3 Å². The summed E-state index contributed by atoms with van der Waals surface area (Å²) < 4.78 is 0. The van der Waals surface area contributed by atoms with Gasteiger partial charge >= 0.3 is 5.97 Å². The van der Waals surface area contributed by atoms with Crippen LogP contribution < -0.4 is 0 Å². The number of piperidine rings is 1. The summed E-state index contributed by atoms with van der Waals surface area (Å²) in [4.78, 5) is 20.7. The molecule has 2 unspecified atom stereocenters. The molecule has 0 amide bonds. The maximum atomic E-state index is 10.4. The van der Waals surface area contributed by atoms with E-state index in [1.165, 1.54) is 5.01 Å². The maximum absolute atomic E-state index is 10.4. The topological polar surface area (TPSA) is 70.0 Å². The lowest BCUT2D eigenvalue weighted by atomic mass is 9.89. The van der Waals surface area contributed by atoms with E-state index in [0.717, 1.165) is 6.42 Å². The molecule has 1 aliphatic rings. The first kappa shape index (κ1) is 9.95. The molecule has 1 heterocycles. The normalized spacial score (nSPS) is 28.5. The van der Waals surface area contributed by atoms with Gasteiger partial charge in [-0.15, -0.1) is 4.91 Å². The molecule has 0 radical (unpaired) electrons. The zero-order valence-corrected chi connectivity index (χ0v) is 7.64. The predicted octanol–water partition coefficient (Wildman–Crippen LogP) is 1.10. The van der Waals surface area contributed by atoms with Gasteiger partial charge in [-0.3, -0.25) is 9.80 Å². The first-order valence-electron chi connectivity index (χ1n) is 4.41. The fraction of sp³-hybridized carbons (Fsp3) is 0.875. The highest BCUT2D eigenvalue weighted by Crippen LogP contribution is 2.23. The minimum absolute atomic E-state index is 0.0685. The lowest BCUT2D eigenvalue weighted by Gasteiger charge is -2.31. The number of carbonyl (C=O) groups is 1. The number of nitrogens with zero attached hydrogens (tertiary/aromatic N) is 2. The van der Waals surface area contributed by atoms with Gasteiger partial charge in [0.25, 0.3) is 0 Å². The standard InChI is InChI=1S/C8H14N2O3/c1-6-2-7(3-8(11)12)5-10(4-6)9-13/h6-7H,2-5H2,1H3,(H,11,12). The van der Waals surface area contributed by atoms with E-state index in [1.807, 2.05) is 6.92 Å². The second-order valence-electron chi connectivity index (χ2n) is 3.76. The predicted molar refractivity (Wildman–Crippen MR) is 46.9 cm³/mol. The number of rotatable bonds is 3. The van der Waals surface area contributed by atoms with Crippen molar-refractivity contribution in [2.24, 2.45) is 17.1 Å². The second-order valence-corrected chi connectivity index (χ2v) is 3.76. The summed E-state index contributed by atoms with van der Waals surface area (Å²) in [6, 6.07) is 0. The van der Waals surface area contributed by atoms with Crippen molar-refractivity contribution in [2.45, 2.75) is 19.8 Å². The third-order valence-electron chi connectivity index (χ3n) is 2.31. The van der Waals surface area contributed by atoms with E-state index in [-0.39, 0.29) is 12.3 Å². The van der Waals surface area contributed by atoms with Crippen LogP contribution in [0.15, 0.2) is 5.29 Å². The monoisotopic (exact) mass is 186 g/mol. The molecule has 5 heteroatoms. The van der Waals surface area contributed by atoms with Crippen LogP contribution in [-0.4, -0.2) is 29.2 Å². The minimum atomic E-state index is -0.801. The van der Waals surface area contributed by atoms with Crippen molar-refractivity contribution < 1.29 is 9.90 Å². The molecule has 13 heavy (non-hydrogen) atoms.